The van der Waals surface area contributed by atoms with Gasteiger partial charge < -0.3 is 15.7 Å². The van der Waals surface area contributed by atoms with Crippen LogP contribution in [0.4, 0.5) is 14.9 Å². The van der Waals surface area contributed by atoms with Crippen LogP contribution in [-0.4, -0.2) is 23.1 Å². The third-order valence-corrected chi connectivity index (χ3v) is 3.20. The number of carbonyl (C=O) groups excluding carboxylic acids is 1. The molecule has 116 valence electrons. The number of anilines is 1. The standard InChI is InChI=1S/C13H15Cl2FN2O3/c1-7(3-2-4-11(19)20)17-13(21)18-8-5-9(14)12(16)10(15)6-8/h5-7H,2-4H2,1H3,(H,19,20)(H2,17,18,21). The van der Waals surface area contributed by atoms with Crippen molar-refractivity contribution in [2.24, 2.45) is 0 Å². The highest BCUT2D eigenvalue weighted by atomic mass is 35.5. The first-order valence-corrected chi connectivity index (χ1v) is 6.99. The summed E-state index contributed by atoms with van der Waals surface area (Å²) in [4.78, 5) is 22.1. The number of amides is 2. The molecule has 8 heteroatoms. The Labute approximate surface area is 131 Å². The van der Waals surface area contributed by atoms with Crippen LogP contribution in [0.15, 0.2) is 12.1 Å². The van der Waals surface area contributed by atoms with E-state index < -0.39 is 17.8 Å². The molecule has 0 aliphatic carbocycles. The van der Waals surface area contributed by atoms with E-state index >= 15 is 0 Å². The number of hydrogen-bond acceptors (Lipinski definition) is 2. The number of nitrogens with one attached hydrogen (secondary N) is 2. The number of halogens is 3. The molecule has 1 aromatic rings. The number of carbonyl (C=O) groups is 2. The fourth-order valence-corrected chi connectivity index (χ4v) is 2.14. The van der Waals surface area contributed by atoms with Gasteiger partial charge in [-0.2, -0.15) is 0 Å². The lowest BCUT2D eigenvalue weighted by Crippen LogP contribution is -2.36. The average molecular weight is 337 g/mol. The van der Waals surface area contributed by atoms with Crippen molar-refractivity contribution in [1.29, 1.82) is 0 Å². The van der Waals surface area contributed by atoms with E-state index in [0.29, 0.717) is 12.8 Å². The molecule has 0 aliphatic heterocycles. The van der Waals surface area contributed by atoms with Crippen molar-refractivity contribution in [1.82, 2.24) is 5.32 Å². The molecular weight excluding hydrogens is 322 g/mol. The molecule has 0 fully saturated rings. The second kappa shape index (κ2) is 8.05. The second-order valence-electron chi connectivity index (χ2n) is 4.54. The Kier molecular flexibility index (Phi) is 6.71. The molecule has 3 N–H and O–H groups in total. The minimum absolute atomic E-state index is 0.0524. The van der Waals surface area contributed by atoms with Gasteiger partial charge >= 0.3 is 12.0 Å². The van der Waals surface area contributed by atoms with Crippen molar-refractivity contribution in [3.05, 3.63) is 28.0 Å². The molecule has 0 saturated heterocycles. The summed E-state index contributed by atoms with van der Waals surface area (Å²) in [6.07, 6.45) is 1.05. The van der Waals surface area contributed by atoms with Gasteiger partial charge in [-0.3, -0.25) is 4.79 Å². The van der Waals surface area contributed by atoms with Crippen LogP contribution in [0.3, 0.4) is 0 Å². The van der Waals surface area contributed by atoms with Gasteiger partial charge in [-0.05, 0) is 31.9 Å². The van der Waals surface area contributed by atoms with Crippen molar-refractivity contribution < 1.29 is 19.1 Å². The number of carboxylic acids is 1. The third kappa shape index (κ3) is 6.18. The van der Waals surface area contributed by atoms with Crippen LogP contribution in [0.1, 0.15) is 26.2 Å². The number of benzene rings is 1. The van der Waals surface area contributed by atoms with E-state index in [1.54, 1.807) is 6.92 Å². The van der Waals surface area contributed by atoms with Gasteiger partial charge in [0, 0.05) is 18.2 Å². The van der Waals surface area contributed by atoms with E-state index in [2.05, 4.69) is 10.6 Å². The van der Waals surface area contributed by atoms with Crippen molar-refractivity contribution in [2.75, 3.05) is 5.32 Å². The maximum Gasteiger partial charge on any atom is 0.319 e. The molecule has 1 rings (SSSR count). The molecular formula is C13H15Cl2FN2O3. The molecule has 1 atom stereocenters. The summed E-state index contributed by atoms with van der Waals surface area (Å²) in [5.74, 6) is -1.62. The molecule has 0 saturated carbocycles. The quantitative estimate of drug-likeness (QED) is 0.689. The smallest absolute Gasteiger partial charge is 0.319 e. The average Bonchev–Trinajstić information content (AvgIpc) is 2.35. The van der Waals surface area contributed by atoms with E-state index in [1.807, 2.05) is 0 Å². The Hall–Kier alpha value is -1.53. The molecule has 1 aromatic carbocycles. The molecule has 5 nitrogen and oxygen atoms in total. The van der Waals surface area contributed by atoms with Crippen molar-refractivity contribution in [2.45, 2.75) is 32.2 Å². The Balaban J connectivity index is 2.48. The van der Waals surface area contributed by atoms with Crippen LogP contribution in [0.5, 0.6) is 0 Å². The molecule has 0 radical (unpaired) electrons. The maximum absolute atomic E-state index is 13.2. The lowest BCUT2D eigenvalue weighted by molar-refractivity contribution is -0.137. The third-order valence-electron chi connectivity index (χ3n) is 2.65. The van der Waals surface area contributed by atoms with Gasteiger partial charge in [-0.25, -0.2) is 9.18 Å². The Bertz CT molecular complexity index is 517. The zero-order valence-electron chi connectivity index (χ0n) is 11.3. The summed E-state index contributed by atoms with van der Waals surface area (Å²) in [7, 11) is 0. The van der Waals surface area contributed by atoms with E-state index in [9.17, 15) is 14.0 Å². The van der Waals surface area contributed by atoms with Gasteiger partial charge in [-0.15, -0.1) is 0 Å². The largest absolute Gasteiger partial charge is 0.481 e. The first-order valence-electron chi connectivity index (χ1n) is 6.23. The van der Waals surface area contributed by atoms with Crippen LogP contribution < -0.4 is 10.6 Å². The highest BCUT2D eigenvalue weighted by Gasteiger charge is 2.11. The van der Waals surface area contributed by atoms with Gasteiger partial charge in [0.25, 0.3) is 0 Å². The van der Waals surface area contributed by atoms with Crippen LogP contribution in [0.2, 0.25) is 10.0 Å². The number of urea groups is 1. The monoisotopic (exact) mass is 336 g/mol. The van der Waals surface area contributed by atoms with Crippen LogP contribution >= 0.6 is 23.2 Å². The fourth-order valence-electron chi connectivity index (χ4n) is 1.65. The van der Waals surface area contributed by atoms with Crippen LogP contribution in [0, 0.1) is 5.82 Å². The van der Waals surface area contributed by atoms with Gasteiger partial charge in [0.15, 0.2) is 5.82 Å². The Morgan fingerprint density at radius 3 is 2.43 bits per heavy atom. The predicted octanol–water partition coefficient (Wildman–Crippen LogP) is 3.90. The SMILES string of the molecule is CC(CCCC(=O)O)NC(=O)Nc1cc(Cl)c(F)c(Cl)c1. The topological polar surface area (TPSA) is 78.4 Å². The number of hydrogen-bond donors (Lipinski definition) is 3. The second-order valence-corrected chi connectivity index (χ2v) is 5.35. The molecule has 21 heavy (non-hydrogen) atoms. The van der Waals surface area contributed by atoms with Crippen LogP contribution in [-0.2, 0) is 4.79 Å². The van der Waals surface area contributed by atoms with Gasteiger partial charge in [0.1, 0.15) is 0 Å². The summed E-state index contributed by atoms with van der Waals surface area (Å²) < 4.78 is 13.2. The van der Waals surface area contributed by atoms with Gasteiger partial charge in [-0.1, -0.05) is 23.2 Å². The molecule has 0 bridgehead atoms. The molecule has 0 aliphatic rings. The van der Waals surface area contributed by atoms with Crippen molar-refractivity contribution in [3.63, 3.8) is 0 Å². The Morgan fingerprint density at radius 2 is 1.90 bits per heavy atom. The number of rotatable bonds is 6. The molecule has 0 heterocycles. The van der Waals surface area contributed by atoms with E-state index in [1.165, 1.54) is 12.1 Å². The van der Waals surface area contributed by atoms with E-state index in [0.717, 1.165) is 0 Å². The van der Waals surface area contributed by atoms with Crippen LogP contribution in [0.25, 0.3) is 0 Å². The van der Waals surface area contributed by atoms with Gasteiger partial charge in [0.2, 0.25) is 0 Å². The molecule has 1 unspecified atom stereocenters. The minimum atomic E-state index is -0.873. The highest BCUT2D eigenvalue weighted by molar-refractivity contribution is 6.35. The zero-order valence-corrected chi connectivity index (χ0v) is 12.8. The fraction of sp³-hybridized carbons (Fsp3) is 0.385. The predicted molar refractivity (Wildman–Crippen MR) is 79.5 cm³/mol. The number of aliphatic carboxylic acids is 1. The molecule has 0 spiro atoms. The lowest BCUT2D eigenvalue weighted by Gasteiger charge is -2.14. The maximum atomic E-state index is 13.2. The first kappa shape index (κ1) is 17.5. The summed E-state index contributed by atoms with van der Waals surface area (Å²) in [5, 5.41) is 13.3. The summed E-state index contributed by atoms with van der Waals surface area (Å²) in [5.41, 5.74) is 0.265. The normalized spacial score (nSPS) is 11.8. The van der Waals surface area contributed by atoms with E-state index in [4.69, 9.17) is 28.3 Å². The lowest BCUT2D eigenvalue weighted by atomic mass is 10.1. The first-order chi connectivity index (χ1) is 9.79. The Morgan fingerprint density at radius 1 is 1.33 bits per heavy atom. The summed E-state index contributed by atoms with van der Waals surface area (Å²) in [6.45, 7) is 1.76. The molecule has 2 amide bonds. The number of carboxylic acid groups (broad SMARTS) is 1. The summed E-state index contributed by atoms with van der Waals surface area (Å²) in [6, 6.07) is 1.79. The highest BCUT2D eigenvalue weighted by Crippen LogP contribution is 2.27. The zero-order chi connectivity index (χ0) is 16.0. The van der Waals surface area contributed by atoms with Crippen molar-refractivity contribution >= 4 is 40.9 Å². The molecule has 0 aromatic heterocycles. The van der Waals surface area contributed by atoms with Crippen molar-refractivity contribution in [3.8, 4) is 0 Å². The minimum Gasteiger partial charge on any atom is -0.481 e. The summed E-state index contributed by atoms with van der Waals surface area (Å²) >= 11 is 11.2. The van der Waals surface area contributed by atoms with Gasteiger partial charge in [0.05, 0.1) is 10.0 Å². The van der Waals surface area contributed by atoms with E-state index in [-0.39, 0.29) is 28.2 Å².